The first-order valence-corrected chi connectivity index (χ1v) is 11.0. The van der Waals surface area contributed by atoms with Crippen LogP contribution in [0.25, 0.3) is 22.6 Å². The molecule has 0 spiro atoms. The number of benzene rings is 1. The molecule has 0 aliphatic heterocycles. The Bertz CT molecular complexity index is 1210. The number of thioether (sulfide) groups is 1. The van der Waals surface area contributed by atoms with E-state index in [0.29, 0.717) is 21.9 Å². The van der Waals surface area contributed by atoms with E-state index in [1.54, 1.807) is 12.3 Å². The summed E-state index contributed by atoms with van der Waals surface area (Å²) >= 11 is 2.59. The molecule has 3 N–H and O–H groups in total. The second kappa shape index (κ2) is 8.33. The number of aromatic nitrogens is 4. The average molecular weight is 441 g/mol. The smallest absolute Gasteiger partial charge is 0.236 e. The SMILES string of the molecule is Cc1ccc(-c2csc(NC(=O)CSc3nnc(-c4ccoc4C)n3N)n2)cc1C. The number of amides is 1. The molecule has 1 amide bonds. The molecule has 0 saturated carbocycles. The van der Waals surface area contributed by atoms with Gasteiger partial charge in [-0.05, 0) is 44.0 Å². The average Bonchev–Trinajstić information content (AvgIpc) is 3.43. The number of rotatable bonds is 6. The van der Waals surface area contributed by atoms with Gasteiger partial charge in [0.05, 0.1) is 23.3 Å². The number of nitrogens with zero attached hydrogens (tertiary/aromatic N) is 4. The van der Waals surface area contributed by atoms with Crippen molar-refractivity contribution in [1.29, 1.82) is 0 Å². The second-order valence-corrected chi connectivity index (χ2v) is 8.54. The van der Waals surface area contributed by atoms with E-state index in [9.17, 15) is 4.79 Å². The predicted octanol–water partition coefficient (Wildman–Crippen LogP) is 4.03. The van der Waals surface area contributed by atoms with Gasteiger partial charge in [0.15, 0.2) is 11.0 Å². The van der Waals surface area contributed by atoms with Crippen molar-refractivity contribution >= 4 is 34.1 Å². The van der Waals surface area contributed by atoms with Gasteiger partial charge in [-0.1, -0.05) is 23.9 Å². The lowest BCUT2D eigenvalue weighted by Gasteiger charge is -2.04. The highest BCUT2D eigenvalue weighted by Crippen LogP contribution is 2.27. The molecular weight excluding hydrogens is 420 g/mol. The lowest BCUT2D eigenvalue weighted by molar-refractivity contribution is -0.113. The molecule has 4 rings (SSSR count). The Morgan fingerprint density at radius 3 is 2.80 bits per heavy atom. The third-order valence-corrected chi connectivity index (χ3v) is 6.35. The van der Waals surface area contributed by atoms with Gasteiger partial charge in [-0.3, -0.25) is 4.79 Å². The van der Waals surface area contributed by atoms with Gasteiger partial charge in [0.1, 0.15) is 5.76 Å². The molecule has 0 bridgehead atoms. The molecule has 0 fully saturated rings. The van der Waals surface area contributed by atoms with E-state index in [0.717, 1.165) is 16.8 Å². The minimum absolute atomic E-state index is 0.137. The van der Waals surface area contributed by atoms with Gasteiger partial charge in [0.25, 0.3) is 0 Å². The van der Waals surface area contributed by atoms with Crippen molar-refractivity contribution in [3.8, 4) is 22.6 Å². The Hall–Kier alpha value is -3.11. The van der Waals surface area contributed by atoms with Crippen molar-refractivity contribution in [3.05, 3.63) is 52.8 Å². The molecule has 0 atom stereocenters. The Kier molecular flexibility index (Phi) is 5.60. The standard InChI is InChI=1S/C20H20N6O2S2/c1-11-4-5-14(8-12(11)2)16-9-29-19(22-16)23-17(27)10-30-20-25-24-18(26(20)21)15-6-7-28-13(15)3/h4-9H,10,21H2,1-3H3,(H,22,23,27). The van der Waals surface area contributed by atoms with Crippen LogP contribution in [-0.4, -0.2) is 31.5 Å². The molecule has 0 unspecified atom stereocenters. The zero-order valence-electron chi connectivity index (χ0n) is 16.7. The maximum atomic E-state index is 12.4. The number of nitrogens with one attached hydrogen (secondary N) is 1. The number of thiazole rings is 1. The van der Waals surface area contributed by atoms with Gasteiger partial charge in [-0.15, -0.1) is 21.5 Å². The number of hydrogen-bond donors (Lipinski definition) is 2. The van der Waals surface area contributed by atoms with E-state index in [2.05, 4.69) is 46.5 Å². The minimum Gasteiger partial charge on any atom is -0.469 e. The normalized spacial score (nSPS) is 11.0. The van der Waals surface area contributed by atoms with E-state index < -0.39 is 0 Å². The first kappa shape index (κ1) is 20.2. The maximum Gasteiger partial charge on any atom is 0.236 e. The molecule has 10 heteroatoms. The van der Waals surface area contributed by atoms with Gasteiger partial charge in [-0.2, -0.15) is 0 Å². The van der Waals surface area contributed by atoms with E-state index in [1.807, 2.05) is 18.4 Å². The topological polar surface area (TPSA) is 112 Å². The molecule has 0 aliphatic rings. The molecule has 154 valence electrons. The van der Waals surface area contributed by atoms with Crippen molar-refractivity contribution < 1.29 is 9.21 Å². The summed E-state index contributed by atoms with van der Waals surface area (Å²) in [6.07, 6.45) is 1.57. The molecular formula is C20H20N6O2S2. The summed E-state index contributed by atoms with van der Waals surface area (Å²) in [7, 11) is 0. The molecule has 0 aliphatic carbocycles. The molecule has 8 nitrogen and oxygen atoms in total. The highest BCUT2D eigenvalue weighted by atomic mass is 32.2. The van der Waals surface area contributed by atoms with Crippen molar-refractivity contribution in [2.45, 2.75) is 25.9 Å². The fourth-order valence-corrected chi connectivity index (χ4v) is 4.22. The monoisotopic (exact) mass is 440 g/mol. The molecule has 0 radical (unpaired) electrons. The van der Waals surface area contributed by atoms with Gasteiger partial charge >= 0.3 is 0 Å². The number of aryl methyl sites for hydroxylation is 3. The Balaban J connectivity index is 1.38. The van der Waals surface area contributed by atoms with Crippen LogP contribution in [0.1, 0.15) is 16.9 Å². The number of anilines is 1. The third kappa shape index (κ3) is 4.10. The molecule has 3 heterocycles. The van der Waals surface area contributed by atoms with Crippen LogP contribution in [0, 0.1) is 20.8 Å². The van der Waals surface area contributed by atoms with Crippen LogP contribution in [0.2, 0.25) is 0 Å². The van der Waals surface area contributed by atoms with Crippen molar-refractivity contribution in [3.63, 3.8) is 0 Å². The highest BCUT2D eigenvalue weighted by Gasteiger charge is 2.17. The molecule has 30 heavy (non-hydrogen) atoms. The van der Waals surface area contributed by atoms with Gasteiger partial charge in [0, 0.05) is 10.9 Å². The number of hydrogen-bond acceptors (Lipinski definition) is 8. The first-order valence-electron chi connectivity index (χ1n) is 9.13. The van der Waals surface area contributed by atoms with Crippen molar-refractivity contribution in [2.24, 2.45) is 0 Å². The number of carbonyl (C=O) groups excluding carboxylic acids is 1. The third-order valence-electron chi connectivity index (χ3n) is 4.65. The number of nitrogen functional groups attached to an aromatic ring is 1. The van der Waals surface area contributed by atoms with E-state index in [1.165, 1.54) is 38.9 Å². The van der Waals surface area contributed by atoms with Crippen LogP contribution >= 0.6 is 23.1 Å². The van der Waals surface area contributed by atoms with Crippen molar-refractivity contribution in [2.75, 3.05) is 16.9 Å². The summed E-state index contributed by atoms with van der Waals surface area (Å²) in [5.74, 6) is 7.22. The summed E-state index contributed by atoms with van der Waals surface area (Å²) in [6, 6.07) is 7.98. The summed E-state index contributed by atoms with van der Waals surface area (Å²) in [6.45, 7) is 5.97. The summed E-state index contributed by atoms with van der Waals surface area (Å²) in [5, 5.41) is 13.9. The highest BCUT2D eigenvalue weighted by molar-refractivity contribution is 7.99. The summed E-state index contributed by atoms with van der Waals surface area (Å²) < 4.78 is 6.64. The zero-order chi connectivity index (χ0) is 21.3. The van der Waals surface area contributed by atoms with Crippen LogP contribution in [0.5, 0.6) is 0 Å². The molecule has 1 aromatic carbocycles. The Labute approximate surface area is 181 Å². The van der Waals surface area contributed by atoms with Crippen LogP contribution in [-0.2, 0) is 4.79 Å². The predicted molar refractivity (Wildman–Crippen MR) is 119 cm³/mol. The summed E-state index contributed by atoms with van der Waals surface area (Å²) in [4.78, 5) is 16.9. The van der Waals surface area contributed by atoms with Crippen LogP contribution in [0.4, 0.5) is 5.13 Å². The summed E-state index contributed by atoms with van der Waals surface area (Å²) in [5.41, 5.74) is 5.08. The lowest BCUT2D eigenvalue weighted by atomic mass is 10.1. The molecule has 4 aromatic rings. The molecule has 0 saturated heterocycles. The van der Waals surface area contributed by atoms with Gasteiger partial charge in [-0.25, -0.2) is 9.66 Å². The number of furan rings is 1. The maximum absolute atomic E-state index is 12.4. The van der Waals surface area contributed by atoms with E-state index >= 15 is 0 Å². The fourth-order valence-electron chi connectivity index (χ4n) is 2.83. The second-order valence-electron chi connectivity index (χ2n) is 6.74. The van der Waals surface area contributed by atoms with E-state index in [4.69, 9.17) is 10.3 Å². The quantitative estimate of drug-likeness (QED) is 0.344. The Morgan fingerprint density at radius 2 is 2.07 bits per heavy atom. The van der Waals surface area contributed by atoms with E-state index in [-0.39, 0.29) is 11.7 Å². The molecule has 3 aromatic heterocycles. The fraction of sp³-hybridized carbons (Fsp3) is 0.200. The van der Waals surface area contributed by atoms with Gasteiger partial charge < -0.3 is 15.6 Å². The van der Waals surface area contributed by atoms with Crippen LogP contribution in [0.3, 0.4) is 0 Å². The first-order chi connectivity index (χ1) is 14.4. The number of nitrogens with two attached hydrogens (primary N) is 1. The van der Waals surface area contributed by atoms with Crippen LogP contribution < -0.4 is 11.2 Å². The largest absolute Gasteiger partial charge is 0.469 e. The Morgan fingerprint density at radius 1 is 1.23 bits per heavy atom. The van der Waals surface area contributed by atoms with Crippen LogP contribution in [0.15, 0.2) is 45.5 Å². The minimum atomic E-state index is -0.190. The number of carbonyl (C=O) groups is 1. The zero-order valence-corrected chi connectivity index (χ0v) is 18.3. The van der Waals surface area contributed by atoms with Gasteiger partial charge in [0.2, 0.25) is 11.1 Å². The lowest BCUT2D eigenvalue weighted by Crippen LogP contribution is -2.16. The van der Waals surface area contributed by atoms with Crippen molar-refractivity contribution in [1.82, 2.24) is 19.9 Å².